The van der Waals surface area contributed by atoms with Crippen LogP contribution >= 0.6 is 11.6 Å². The van der Waals surface area contributed by atoms with Crippen molar-refractivity contribution in [2.75, 3.05) is 32.7 Å². The summed E-state index contributed by atoms with van der Waals surface area (Å²) in [6.07, 6.45) is -0.439. The molecule has 3 aliphatic rings. The summed E-state index contributed by atoms with van der Waals surface area (Å²) >= 11 is 6.14. The summed E-state index contributed by atoms with van der Waals surface area (Å²) in [5, 5.41) is 11.3. The van der Waals surface area contributed by atoms with Gasteiger partial charge in [-0.1, -0.05) is 23.7 Å². The highest BCUT2D eigenvalue weighted by atomic mass is 35.5. The first-order chi connectivity index (χ1) is 8.65. The molecule has 2 atom stereocenters. The maximum Gasteiger partial charge on any atom is 0.0958 e. The van der Waals surface area contributed by atoms with E-state index in [1.807, 2.05) is 25.1 Å². The van der Waals surface area contributed by atoms with Gasteiger partial charge in [-0.05, 0) is 24.1 Å². The van der Waals surface area contributed by atoms with E-state index in [-0.39, 0.29) is 6.04 Å². The van der Waals surface area contributed by atoms with Crippen molar-refractivity contribution in [3.05, 3.63) is 34.3 Å². The summed E-state index contributed by atoms with van der Waals surface area (Å²) < 4.78 is 0. The Morgan fingerprint density at radius 2 is 2.00 bits per heavy atom. The van der Waals surface area contributed by atoms with Crippen LogP contribution in [0.1, 0.15) is 17.2 Å². The first-order valence-electron chi connectivity index (χ1n) is 6.55. The lowest BCUT2D eigenvalue weighted by Crippen LogP contribution is -2.62. The van der Waals surface area contributed by atoms with E-state index in [9.17, 15) is 5.11 Å². The molecular formula is C14H19ClN2O. The van der Waals surface area contributed by atoms with E-state index in [1.54, 1.807) is 0 Å². The number of hydrogen-bond donors (Lipinski definition) is 1. The highest BCUT2D eigenvalue weighted by Gasteiger charge is 2.36. The largest absolute Gasteiger partial charge is 0.387 e. The predicted molar refractivity (Wildman–Crippen MR) is 72.9 cm³/mol. The van der Waals surface area contributed by atoms with Gasteiger partial charge in [0.15, 0.2) is 0 Å². The molecule has 3 saturated heterocycles. The van der Waals surface area contributed by atoms with E-state index in [0.717, 1.165) is 48.9 Å². The quantitative estimate of drug-likeness (QED) is 0.882. The van der Waals surface area contributed by atoms with Crippen molar-refractivity contribution in [2.24, 2.45) is 0 Å². The normalized spacial score (nSPS) is 32.5. The number of fused-ring (bicyclic) bond motifs is 3. The van der Waals surface area contributed by atoms with E-state index in [2.05, 4.69) is 9.80 Å². The number of aryl methyl sites for hydroxylation is 1. The topological polar surface area (TPSA) is 26.7 Å². The average molecular weight is 267 g/mol. The van der Waals surface area contributed by atoms with Crippen LogP contribution < -0.4 is 0 Å². The number of nitrogens with zero attached hydrogens (tertiary/aromatic N) is 2. The van der Waals surface area contributed by atoms with E-state index in [0.29, 0.717) is 0 Å². The second-order valence-electron chi connectivity index (χ2n) is 5.36. The van der Waals surface area contributed by atoms with Gasteiger partial charge in [0, 0.05) is 37.7 Å². The van der Waals surface area contributed by atoms with Crippen LogP contribution in [0.5, 0.6) is 0 Å². The molecule has 0 amide bonds. The Bertz CT molecular complexity index is 443. The molecule has 3 nitrogen and oxygen atoms in total. The van der Waals surface area contributed by atoms with Crippen LogP contribution in [0.2, 0.25) is 5.02 Å². The zero-order chi connectivity index (χ0) is 12.7. The van der Waals surface area contributed by atoms with Gasteiger partial charge in [0.2, 0.25) is 0 Å². The first kappa shape index (κ1) is 12.4. The first-order valence-corrected chi connectivity index (χ1v) is 6.93. The lowest BCUT2D eigenvalue weighted by Gasteiger charge is -2.49. The van der Waals surface area contributed by atoms with Gasteiger partial charge in [0.05, 0.1) is 12.1 Å². The minimum Gasteiger partial charge on any atom is -0.387 e. The van der Waals surface area contributed by atoms with Gasteiger partial charge in [0.1, 0.15) is 0 Å². The molecule has 3 heterocycles. The average Bonchev–Trinajstić information content (AvgIpc) is 2.42. The zero-order valence-electron chi connectivity index (χ0n) is 10.6. The van der Waals surface area contributed by atoms with Crippen molar-refractivity contribution in [1.29, 1.82) is 0 Å². The summed E-state index contributed by atoms with van der Waals surface area (Å²) in [6.45, 7) is 7.36. The molecule has 4 rings (SSSR count). The smallest absolute Gasteiger partial charge is 0.0958 e. The van der Waals surface area contributed by atoms with Crippen molar-refractivity contribution in [2.45, 2.75) is 19.1 Å². The van der Waals surface area contributed by atoms with Crippen LogP contribution in [0, 0.1) is 6.92 Å². The third-order valence-corrected chi connectivity index (χ3v) is 4.63. The van der Waals surface area contributed by atoms with Crippen molar-refractivity contribution < 1.29 is 5.11 Å². The number of hydrogen-bond acceptors (Lipinski definition) is 3. The molecular weight excluding hydrogens is 248 g/mol. The molecule has 2 unspecified atom stereocenters. The fourth-order valence-corrected chi connectivity index (χ4v) is 3.16. The fourth-order valence-electron chi connectivity index (χ4n) is 2.97. The standard InChI is InChI=1S/C14H19ClN2O/c1-10-2-3-11(8-12(10)15)14(18)13-9-16-4-6-17(13)7-5-16/h2-3,8,13-14,18H,4-7,9H2,1H3. The van der Waals surface area contributed by atoms with Gasteiger partial charge >= 0.3 is 0 Å². The van der Waals surface area contributed by atoms with Crippen LogP contribution in [0.15, 0.2) is 18.2 Å². The molecule has 0 aliphatic carbocycles. The Labute approximate surface area is 113 Å². The monoisotopic (exact) mass is 266 g/mol. The summed E-state index contributed by atoms with van der Waals surface area (Å²) in [5.41, 5.74) is 1.99. The van der Waals surface area contributed by atoms with Crippen LogP contribution in [-0.2, 0) is 0 Å². The number of halogens is 1. The molecule has 18 heavy (non-hydrogen) atoms. The molecule has 3 aliphatic heterocycles. The van der Waals surface area contributed by atoms with E-state index in [4.69, 9.17) is 11.6 Å². The van der Waals surface area contributed by atoms with Gasteiger partial charge in [-0.25, -0.2) is 0 Å². The molecule has 0 spiro atoms. The van der Waals surface area contributed by atoms with Crippen molar-refractivity contribution in [3.8, 4) is 0 Å². The third kappa shape index (κ3) is 2.16. The maximum absolute atomic E-state index is 10.6. The SMILES string of the molecule is Cc1ccc(C(O)C2CN3CCN2CC3)cc1Cl. The molecule has 98 valence electrons. The molecule has 2 bridgehead atoms. The van der Waals surface area contributed by atoms with Gasteiger partial charge in [-0.3, -0.25) is 9.80 Å². The number of rotatable bonds is 2. The van der Waals surface area contributed by atoms with E-state index in [1.165, 1.54) is 0 Å². The Morgan fingerprint density at radius 3 is 2.56 bits per heavy atom. The van der Waals surface area contributed by atoms with Crippen molar-refractivity contribution in [3.63, 3.8) is 0 Å². The second-order valence-corrected chi connectivity index (χ2v) is 5.76. The van der Waals surface area contributed by atoms with Crippen LogP contribution in [0.25, 0.3) is 0 Å². The van der Waals surface area contributed by atoms with Crippen LogP contribution in [0.3, 0.4) is 0 Å². The number of piperazine rings is 3. The van der Waals surface area contributed by atoms with Gasteiger partial charge < -0.3 is 5.11 Å². The number of benzene rings is 1. The molecule has 1 N–H and O–H groups in total. The zero-order valence-corrected chi connectivity index (χ0v) is 11.4. The molecule has 4 heteroatoms. The fraction of sp³-hybridized carbons (Fsp3) is 0.571. The van der Waals surface area contributed by atoms with Crippen molar-refractivity contribution >= 4 is 11.6 Å². The highest BCUT2D eigenvalue weighted by Crippen LogP contribution is 2.29. The summed E-state index contributed by atoms with van der Waals surface area (Å²) in [5.74, 6) is 0. The van der Waals surface area contributed by atoms with Crippen LogP contribution in [0.4, 0.5) is 0 Å². The molecule has 0 saturated carbocycles. The maximum atomic E-state index is 10.6. The van der Waals surface area contributed by atoms with E-state index < -0.39 is 6.10 Å². The lowest BCUT2D eigenvalue weighted by atomic mass is 9.96. The van der Waals surface area contributed by atoms with Crippen molar-refractivity contribution in [1.82, 2.24) is 9.80 Å². The van der Waals surface area contributed by atoms with E-state index >= 15 is 0 Å². The molecule has 1 aromatic carbocycles. The Morgan fingerprint density at radius 1 is 1.28 bits per heavy atom. The Kier molecular flexibility index (Phi) is 3.32. The van der Waals surface area contributed by atoms with Gasteiger partial charge in [0.25, 0.3) is 0 Å². The molecule has 3 fully saturated rings. The summed E-state index contributed by atoms with van der Waals surface area (Å²) in [6, 6.07) is 6.09. The van der Waals surface area contributed by atoms with Gasteiger partial charge in [-0.15, -0.1) is 0 Å². The second kappa shape index (κ2) is 4.82. The Balaban J connectivity index is 1.81. The third-order valence-electron chi connectivity index (χ3n) is 4.22. The Hall–Kier alpha value is -0.610. The number of aliphatic hydroxyl groups excluding tert-OH is 1. The van der Waals surface area contributed by atoms with Gasteiger partial charge in [-0.2, -0.15) is 0 Å². The number of aliphatic hydroxyl groups is 1. The molecule has 0 radical (unpaired) electrons. The molecule has 1 aromatic rings. The predicted octanol–water partition coefficient (Wildman–Crippen LogP) is 1.68. The summed E-state index contributed by atoms with van der Waals surface area (Å²) in [4.78, 5) is 4.84. The lowest BCUT2D eigenvalue weighted by molar-refractivity contribution is -0.0470. The minimum atomic E-state index is -0.439. The summed E-state index contributed by atoms with van der Waals surface area (Å²) in [7, 11) is 0. The highest BCUT2D eigenvalue weighted by molar-refractivity contribution is 6.31. The molecule has 0 aromatic heterocycles. The minimum absolute atomic E-state index is 0.214. The van der Waals surface area contributed by atoms with Crippen LogP contribution in [-0.4, -0.2) is 53.7 Å².